The molecule has 2 heterocycles. The molecule has 6 heteroatoms. The van der Waals surface area contributed by atoms with Crippen LogP contribution in [0.15, 0.2) is 12.3 Å². The van der Waals surface area contributed by atoms with Crippen molar-refractivity contribution in [3.8, 4) is 0 Å². The maximum absolute atomic E-state index is 6.00. The minimum Gasteiger partial charge on any atom is -0.385 e. The van der Waals surface area contributed by atoms with Gasteiger partial charge in [-0.3, -0.25) is 4.57 Å². The Balaban J connectivity index is 1.90. The fourth-order valence-corrected chi connectivity index (χ4v) is 2.63. The van der Waals surface area contributed by atoms with Crippen LogP contribution in [-0.4, -0.2) is 28.3 Å². The van der Waals surface area contributed by atoms with Crippen molar-refractivity contribution >= 4 is 28.7 Å². The number of hydrogen-bond donors (Lipinski definition) is 1. The number of ether oxygens (including phenoxy) is 1. The molecule has 2 N–H and O–H groups in total. The molecule has 1 saturated carbocycles. The summed E-state index contributed by atoms with van der Waals surface area (Å²) < 4.78 is 7.18. The summed E-state index contributed by atoms with van der Waals surface area (Å²) in [4.78, 5) is 8.68. The Morgan fingerprint density at radius 2 is 2.32 bits per heavy atom. The van der Waals surface area contributed by atoms with Crippen molar-refractivity contribution in [1.82, 2.24) is 14.5 Å². The van der Waals surface area contributed by atoms with Gasteiger partial charge in [0.1, 0.15) is 5.52 Å². The van der Waals surface area contributed by atoms with E-state index in [0.29, 0.717) is 16.4 Å². The third kappa shape index (κ3) is 2.40. The summed E-state index contributed by atoms with van der Waals surface area (Å²) in [6.07, 6.45) is 5.11. The summed E-state index contributed by atoms with van der Waals surface area (Å²) in [6, 6.07) is 1.80. The van der Waals surface area contributed by atoms with Crippen LogP contribution >= 0.6 is 11.6 Å². The molecule has 0 aliphatic heterocycles. The summed E-state index contributed by atoms with van der Waals surface area (Å²) in [5, 5.41) is 0.581. The van der Waals surface area contributed by atoms with Gasteiger partial charge < -0.3 is 10.5 Å². The van der Waals surface area contributed by atoms with E-state index in [1.165, 1.54) is 12.8 Å². The van der Waals surface area contributed by atoms with Crippen LogP contribution in [-0.2, 0) is 11.3 Å². The zero-order valence-corrected chi connectivity index (χ0v) is 11.7. The quantitative estimate of drug-likeness (QED) is 0.914. The van der Waals surface area contributed by atoms with Crippen LogP contribution < -0.4 is 5.73 Å². The molecule has 0 amide bonds. The molecule has 1 aliphatic rings. The maximum atomic E-state index is 6.00. The van der Waals surface area contributed by atoms with E-state index < -0.39 is 0 Å². The lowest BCUT2D eigenvalue weighted by molar-refractivity contribution is 0.167. The Bertz CT molecular complexity index is 606. The number of imidazole rings is 1. The number of nitrogens with two attached hydrogens (primary N) is 1. The summed E-state index contributed by atoms with van der Waals surface area (Å²) >= 11 is 5.93. The van der Waals surface area contributed by atoms with E-state index in [-0.39, 0.29) is 0 Å². The smallest absolute Gasteiger partial charge is 0.202 e. The lowest BCUT2D eigenvalue weighted by atomic mass is 10.0. The van der Waals surface area contributed by atoms with Crippen LogP contribution in [0.3, 0.4) is 0 Å². The highest BCUT2D eigenvalue weighted by atomic mass is 35.5. The van der Waals surface area contributed by atoms with Gasteiger partial charge in [-0.1, -0.05) is 11.6 Å². The van der Waals surface area contributed by atoms with Gasteiger partial charge in [-0.2, -0.15) is 0 Å². The number of hydrogen-bond acceptors (Lipinski definition) is 4. The molecule has 0 bridgehead atoms. The molecule has 1 aliphatic carbocycles. The minimum atomic E-state index is 0.305. The van der Waals surface area contributed by atoms with Gasteiger partial charge in [0.05, 0.1) is 5.02 Å². The van der Waals surface area contributed by atoms with Crippen molar-refractivity contribution < 1.29 is 4.74 Å². The van der Waals surface area contributed by atoms with Gasteiger partial charge in [0.2, 0.25) is 5.95 Å². The van der Waals surface area contributed by atoms with E-state index in [1.807, 2.05) is 4.57 Å². The third-order valence-electron chi connectivity index (χ3n) is 3.87. The van der Waals surface area contributed by atoms with Gasteiger partial charge >= 0.3 is 0 Å². The summed E-state index contributed by atoms with van der Waals surface area (Å²) in [7, 11) is 1.74. The van der Waals surface area contributed by atoms with E-state index in [4.69, 9.17) is 22.1 Å². The Labute approximate surface area is 116 Å². The van der Waals surface area contributed by atoms with Gasteiger partial charge in [-0.15, -0.1) is 0 Å². The molecule has 2 aromatic heterocycles. The number of anilines is 1. The number of rotatable bonds is 5. The lowest BCUT2D eigenvalue weighted by Crippen LogP contribution is -2.16. The van der Waals surface area contributed by atoms with Crippen LogP contribution in [0.4, 0.5) is 5.95 Å². The zero-order chi connectivity index (χ0) is 13.5. The summed E-state index contributed by atoms with van der Waals surface area (Å²) in [6.45, 7) is 1.64. The monoisotopic (exact) mass is 280 g/mol. The largest absolute Gasteiger partial charge is 0.385 e. The van der Waals surface area contributed by atoms with Crippen LogP contribution in [0.5, 0.6) is 0 Å². The molecule has 0 unspecified atom stereocenters. The van der Waals surface area contributed by atoms with Crippen molar-refractivity contribution in [3.05, 3.63) is 17.3 Å². The predicted molar refractivity (Wildman–Crippen MR) is 75.1 cm³/mol. The van der Waals surface area contributed by atoms with E-state index in [1.54, 1.807) is 19.4 Å². The van der Waals surface area contributed by atoms with Gasteiger partial charge in [0.25, 0.3) is 0 Å². The SMILES string of the molecule is COCCC1(Cn2c(N)nc3cc(Cl)cnc32)CC1. The Kier molecular flexibility index (Phi) is 3.11. The molecule has 0 spiro atoms. The number of methoxy groups -OCH3 is 1. The fourth-order valence-electron chi connectivity index (χ4n) is 2.48. The van der Waals surface area contributed by atoms with Gasteiger partial charge in [0, 0.05) is 26.5 Å². The number of nitrogens with zero attached hydrogens (tertiary/aromatic N) is 3. The van der Waals surface area contributed by atoms with E-state index in [0.717, 1.165) is 30.7 Å². The second kappa shape index (κ2) is 4.65. The number of fused-ring (bicyclic) bond motifs is 1. The first-order valence-corrected chi connectivity index (χ1v) is 6.78. The molecule has 5 nitrogen and oxygen atoms in total. The Morgan fingerprint density at radius 3 is 3.00 bits per heavy atom. The highest BCUT2D eigenvalue weighted by Crippen LogP contribution is 2.50. The van der Waals surface area contributed by atoms with Crippen molar-refractivity contribution in [1.29, 1.82) is 0 Å². The van der Waals surface area contributed by atoms with Crippen molar-refractivity contribution in [2.75, 3.05) is 19.5 Å². The lowest BCUT2D eigenvalue weighted by Gasteiger charge is -2.16. The van der Waals surface area contributed by atoms with Crippen LogP contribution in [0.25, 0.3) is 11.2 Å². The minimum absolute atomic E-state index is 0.305. The average molecular weight is 281 g/mol. The molecule has 102 valence electrons. The first-order chi connectivity index (χ1) is 9.13. The summed E-state index contributed by atoms with van der Waals surface area (Å²) in [5.41, 5.74) is 7.88. The number of pyridine rings is 1. The van der Waals surface area contributed by atoms with Gasteiger partial charge in [-0.05, 0) is 30.7 Å². The molecule has 0 radical (unpaired) electrons. The Hall–Kier alpha value is -1.33. The van der Waals surface area contributed by atoms with Gasteiger partial charge in [0.15, 0.2) is 5.65 Å². The van der Waals surface area contributed by atoms with E-state index in [2.05, 4.69) is 9.97 Å². The molecular weight excluding hydrogens is 264 g/mol. The molecule has 1 fully saturated rings. The molecule has 3 rings (SSSR count). The molecular formula is C13H17ClN4O. The number of nitrogen functional groups attached to an aromatic ring is 1. The standard InChI is InChI=1S/C13H17ClN4O/c1-19-5-4-13(2-3-13)8-18-11-10(17-12(18)15)6-9(14)7-16-11/h6-7H,2-5,8H2,1H3,(H2,15,17). The highest BCUT2D eigenvalue weighted by molar-refractivity contribution is 6.31. The molecule has 0 aromatic carbocycles. The maximum Gasteiger partial charge on any atom is 0.202 e. The van der Waals surface area contributed by atoms with Crippen molar-refractivity contribution in [2.45, 2.75) is 25.8 Å². The fraction of sp³-hybridized carbons (Fsp3) is 0.538. The van der Waals surface area contributed by atoms with Crippen LogP contribution in [0.1, 0.15) is 19.3 Å². The second-order valence-electron chi connectivity index (χ2n) is 5.30. The first-order valence-electron chi connectivity index (χ1n) is 6.40. The molecule has 0 atom stereocenters. The van der Waals surface area contributed by atoms with Gasteiger partial charge in [-0.25, -0.2) is 9.97 Å². The number of halogens is 1. The molecule has 2 aromatic rings. The normalized spacial score (nSPS) is 16.9. The van der Waals surface area contributed by atoms with Crippen LogP contribution in [0, 0.1) is 5.41 Å². The highest BCUT2D eigenvalue weighted by Gasteiger charge is 2.43. The predicted octanol–water partition coefficient (Wildman–Crippen LogP) is 2.48. The van der Waals surface area contributed by atoms with E-state index >= 15 is 0 Å². The topological polar surface area (TPSA) is 66.0 Å². The third-order valence-corrected chi connectivity index (χ3v) is 4.07. The Morgan fingerprint density at radius 1 is 1.53 bits per heavy atom. The molecule has 0 saturated heterocycles. The van der Waals surface area contributed by atoms with Crippen molar-refractivity contribution in [2.24, 2.45) is 5.41 Å². The summed E-state index contributed by atoms with van der Waals surface area (Å²) in [5.74, 6) is 0.508. The van der Waals surface area contributed by atoms with E-state index in [9.17, 15) is 0 Å². The zero-order valence-electron chi connectivity index (χ0n) is 10.9. The van der Waals surface area contributed by atoms with Crippen LogP contribution in [0.2, 0.25) is 5.02 Å². The molecule has 19 heavy (non-hydrogen) atoms. The average Bonchev–Trinajstić information content (AvgIpc) is 3.08. The second-order valence-corrected chi connectivity index (χ2v) is 5.73. The van der Waals surface area contributed by atoms with Crippen molar-refractivity contribution in [3.63, 3.8) is 0 Å². The first kappa shape index (κ1) is 12.7. The number of aromatic nitrogens is 3.